The van der Waals surface area contributed by atoms with Crippen LogP contribution in [-0.4, -0.2) is 52.8 Å². The molecule has 0 spiro atoms. The van der Waals surface area contributed by atoms with E-state index < -0.39 is 52.1 Å². The smallest absolute Gasteiger partial charge is 0.348 e. The molecule has 0 aromatic carbocycles. The third-order valence-corrected chi connectivity index (χ3v) is 8.15. The van der Waals surface area contributed by atoms with Gasteiger partial charge in [-0.25, -0.2) is 47.0 Å². The third-order valence-electron chi connectivity index (χ3n) is 8.15. The fraction of sp³-hybridized carbons (Fsp3) is 0.630. The molecule has 14 heteroatoms. The largest absolute Gasteiger partial charge is 0.353 e. The first-order valence-electron chi connectivity index (χ1n) is 14.2. The molecule has 0 radical (unpaired) electrons. The Morgan fingerprint density at radius 2 is 0.951 bits per heavy atom. The van der Waals surface area contributed by atoms with Gasteiger partial charge in [-0.1, -0.05) is 51.0 Å². The lowest BCUT2D eigenvalue weighted by Gasteiger charge is -2.29. The number of fused-ring (bicyclic) bond motifs is 2. The summed E-state index contributed by atoms with van der Waals surface area (Å²) in [5.74, 6) is -0.875. The Bertz CT molecular complexity index is 1540. The van der Waals surface area contributed by atoms with Crippen LogP contribution in [0.3, 0.4) is 0 Å². The van der Waals surface area contributed by atoms with E-state index in [4.69, 9.17) is 0 Å². The number of aromatic nitrogens is 6. The van der Waals surface area contributed by atoms with Crippen LogP contribution in [0.2, 0.25) is 0 Å². The van der Waals surface area contributed by atoms with E-state index in [1.54, 1.807) is 38.2 Å². The summed E-state index contributed by atoms with van der Waals surface area (Å²) >= 11 is 0. The van der Waals surface area contributed by atoms with Crippen molar-refractivity contribution in [3.05, 3.63) is 66.2 Å². The Morgan fingerprint density at radius 1 is 0.585 bits per heavy atom. The monoisotopic (exact) mass is 570 g/mol. The number of rotatable bonds is 0. The lowest BCUT2D eigenvalue weighted by atomic mass is 9.93. The van der Waals surface area contributed by atoms with Gasteiger partial charge in [0.1, 0.15) is 0 Å². The Hall–Kier alpha value is -4.10. The first-order valence-corrected chi connectivity index (χ1v) is 14.2. The highest BCUT2D eigenvalue weighted by Crippen LogP contribution is 2.21. The molecule has 2 N–H and O–H groups in total. The molecule has 0 fully saturated rings. The zero-order valence-electron chi connectivity index (χ0n) is 23.9. The van der Waals surface area contributed by atoms with E-state index >= 15 is 0 Å². The quantitative estimate of drug-likeness (QED) is 0.419. The second kappa shape index (κ2) is 10.7. The molecule has 0 aliphatic carbocycles. The average Bonchev–Trinajstić information content (AvgIpc) is 3.33. The molecular weight excluding hydrogens is 532 g/mol. The lowest BCUT2D eigenvalue weighted by molar-refractivity contribution is -0.124. The topological polar surface area (TPSA) is 156 Å². The fourth-order valence-corrected chi connectivity index (χ4v) is 5.73. The number of carbonyl (C=O) groups is 2. The molecule has 4 atom stereocenters. The van der Waals surface area contributed by atoms with E-state index in [1.807, 2.05) is 13.8 Å². The van der Waals surface area contributed by atoms with E-state index in [0.717, 1.165) is 0 Å². The number of amides is 2. The minimum absolute atomic E-state index is 0.171. The van der Waals surface area contributed by atoms with Crippen molar-refractivity contribution in [2.45, 2.75) is 90.6 Å². The Kier molecular flexibility index (Phi) is 7.43. The predicted octanol–water partition coefficient (Wildman–Crippen LogP) is -0.187. The number of hydrogen-bond donors (Lipinski definition) is 2. The Morgan fingerprint density at radius 3 is 1.34 bits per heavy atom. The average molecular weight is 571 g/mol. The van der Waals surface area contributed by atoms with Gasteiger partial charge in [0.05, 0.1) is 12.1 Å². The van der Waals surface area contributed by atoms with Gasteiger partial charge in [-0.15, -0.1) is 0 Å². The maximum Gasteiger partial charge on any atom is 0.348 e. The van der Waals surface area contributed by atoms with Crippen molar-refractivity contribution in [2.75, 3.05) is 13.1 Å². The van der Waals surface area contributed by atoms with Gasteiger partial charge < -0.3 is 10.6 Å². The first kappa shape index (κ1) is 28.4. The summed E-state index contributed by atoms with van der Waals surface area (Å²) in [4.78, 5) is 79.5. The molecule has 14 nitrogen and oxygen atoms in total. The SMILES string of the molecule is C[C@@H]1C=C[C@@H]2C(=O)NCC(C)(C)CNC(=O)[C@@H]3C=C[C@H](C)n4c(=O)n(c(=O)n43)CCCCCCn3c(=O)n1n2c3=O. The summed E-state index contributed by atoms with van der Waals surface area (Å²) in [5, 5.41) is 5.73. The molecule has 222 valence electrons. The van der Waals surface area contributed by atoms with E-state index in [1.165, 1.54) is 27.9 Å². The van der Waals surface area contributed by atoms with Crippen LogP contribution in [0.15, 0.2) is 43.5 Å². The summed E-state index contributed by atoms with van der Waals surface area (Å²) in [6, 6.07) is -2.73. The Balaban J connectivity index is 1.47. The van der Waals surface area contributed by atoms with E-state index in [0.29, 0.717) is 25.7 Å². The van der Waals surface area contributed by atoms with Crippen molar-refractivity contribution < 1.29 is 9.59 Å². The number of nitrogens with zero attached hydrogens (tertiary/aromatic N) is 6. The molecule has 41 heavy (non-hydrogen) atoms. The number of carbonyl (C=O) groups excluding carboxylic acids is 2. The standard InChI is InChI=1S/C27H38N8O6/c1-17-9-11-19-21(36)28-15-27(3,4)16-29-22(37)20-12-10-18(2)33-24(39)31(26(41)35(20)33)14-8-6-5-7-13-30-23(38)32(17)34(19)25(30)40/h9-12,17-20H,5-8,13-16H2,1-4H3,(H,28,36)(H,29,37)/t17-,18+,19-,20+. The zero-order chi connectivity index (χ0) is 29.6. The lowest BCUT2D eigenvalue weighted by Crippen LogP contribution is -2.48. The molecule has 3 aliphatic heterocycles. The van der Waals surface area contributed by atoms with Gasteiger partial charge in [-0.2, -0.15) is 0 Å². The minimum atomic E-state index is -0.978. The Labute approximate surface area is 235 Å². The van der Waals surface area contributed by atoms with Crippen LogP contribution in [0.5, 0.6) is 0 Å². The van der Waals surface area contributed by atoms with Crippen molar-refractivity contribution in [2.24, 2.45) is 5.41 Å². The fourth-order valence-electron chi connectivity index (χ4n) is 5.73. The van der Waals surface area contributed by atoms with Gasteiger partial charge in [0.25, 0.3) is 0 Å². The molecule has 2 aromatic rings. The van der Waals surface area contributed by atoms with Crippen LogP contribution in [0.4, 0.5) is 0 Å². The summed E-state index contributed by atoms with van der Waals surface area (Å²) in [6.07, 6.45) is 9.15. The highest BCUT2D eigenvalue weighted by molar-refractivity contribution is 5.83. The zero-order valence-corrected chi connectivity index (χ0v) is 23.9. The first-order chi connectivity index (χ1) is 19.4. The van der Waals surface area contributed by atoms with Crippen molar-refractivity contribution >= 4 is 11.8 Å². The molecule has 3 aliphatic rings. The molecule has 2 amide bonds. The van der Waals surface area contributed by atoms with Crippen LogP contribution >= 0.6 is 0 Å². The third kappa shape index (κ3) is 4.99. The van der Waals surface area contributed by atoms with E-state index in [2.05, 4.69) is 10.6 Å². The molecule has 2 aromatic heterocycles. The molecule has 5 heterocycles. The summed E-state index contributed by atoms with van der Waals surface area (Å²) in [5.41, 5.74) is -2.62. The predicted molar refractivity (Wildman–Crippen MR) is 150 cm³/mol. The van der Waals surface area contributed by atoms with Gasteiger partial charge in [-0.05, 0) is 32.1 Å². The van der Waals surface area contributed by atoms with Crippen LogP contribution in [0, 0.1) is 5.41 Å². The van der Waals surface area contributed by atoms with Crippen molar-refractivity contribution in [3.63, 3.8) is 0 Å². The molecule has 5 rings (SSSR count). The maximum absolute atomic E-state index is 13.3. The summed E-state index contributed by atoms with van der Waals surface area (Å²) in [7, 11) is 0. The highest BCUT2D eigenvalue weighted by atomic mass is 16.2. The molecule has 0 saturated carbocycles. The number of allylic oxidation sites excluding steroid dienone is 2. The highest BCUT2D eigenvalue weighted by Gasteiger charge is 2.34. The van der Waals surface area contributed by atoms with Crippen molar-refractivity contribution in [1.29, 1.82) is 0 Å². The molecule has 4 bridgehead atoms. The van der Waals surface area contributed by atoms with Crippen LogP contribution < -0.4 is 33.4 Å². The number of hydrogen-bond acceptors (Lipinski definition) is 6. The van der Waals surface area contributed by atoms with Crippen molar-refractivity contribution in [1.82, 2.24) is 38.5 Å². The normalized spacial score (nSPS) is 26.6. The summed E-state index contributed by atoms with van der Waals surface area (Å²) < 4.78 is 7.41. The van der Waals surface area contributed by atoms with Gasteiger partial charge in [0.15, 0.2) is 12.1 Å². The second-order valence-electron chi connectivity index (χ2n) is 12.0. The molecule has 0 saturated heterocycles. The van der Waals surface area contributed by atoms with E-state index in [-0.39, 0.29) is 38.3 Å². The van der Waals surface area contributed by atoms with Crippen LogP contribution in [-0.2, 0) is 22.7 Å². The maximum atomic E-state index is 13.3. The van der Waals surface area contributed by atoms with Crippen molar-refractivity contribution in [3.8, 4) is 0 Å². The van der Waals surface area contributed by atoms with Gasteiger partial charge >= 0.3 is 22.8 Å². The molecule has 0 unspecified atom stereocenters. The van der Waals surface area contributed by atoms with Crippen LogP contribution in [0.1, 0.15) is 77.5 Å². The second-order valence-corrected chi connectivity index (χ2v) is 12.0. The van der Waals surface area contributed by atoms with Gasteiger partial charge in [-0.3, -0.25) is 9.59 Å². The van der Waals surface area contributed by atoms with Crippen LogP contribution in [0.25, 0.3) is 0 Å². The van der Waals surface area contributed by atoms with Gasteiger partial charge in [0.2, 0.25) is 11.8 Å². The minimum Gasteiger partial charge on any atom is -0.353 e. The molecular formula is C27H38N8O6. The number of nitrogens with one attached hydrogen (secondary N) is 2. The van der Waals surface area contributed by atoms with Gasteiger partial charge in [0, 0.05) is 26.2 Å². The van der Waals surface area contributed by atoms with E-state index in [9.17, 15) is 28.8 Å². The summed E-state index contributed by atoms with van der Waals surface area (Å²) in [6.45, 7) is 8.02.